The lowest BCUT2D eigenvalue weighted by Gasteiger charge is -2.11. The van der Waals surface area contributed by atoms with E-state index in [1.165, 1.54) is 18.5 Å². The van der Waals surface area contributed by atoms with Crippen molar-refractivity contribution >= 4 is 17.5 Å². The fourth-order valence-electron chi connectivity index (χ4n) is 2.40. The summed E-state index contributed by atoms with van der Waals surface area (Å²) in [7, 11) is 0. The van der Waals surface area contributed by atoms with Gasteiger partial charge in [0.1, 0.15) is 11.6 Å². The quantitative estimate of drug-likeness (QED) is 0.667. The van der Waals surface area contributed by atoms with Crippen molar-refractivity contribution in [2.24, 2.45) is 0 Å². The SMILES string of the molecule is CCOc1ccccc1Nc1ncc(C(=O)NCc2ccccc2F)cn1. The molecule has 3 rings (SSSR count). The molecule has 0 spiro atoms. The molecule has 2 N–H and O–H groups in total. The predicted molar refractivity (Wildman–Crippen MR) is 100 cm³/mol. The van der Waals surface area contributed by atoms with Crippen molar-refractivity contribution in [3.05, 3.63) is 77.9 Å². The second kappa shape index (κ2) is 8.75. The highest BCUT2D eigenvalue weighted by Gasteiger charge is 2.10. The molecule has 2 aromatic carbocycles. The zero-order valence-electron chi connectivity index (χ0n) is 14.8. The van der Waals surface area contributed by atoms with Crippen LogP contribution in [0.1, 0.15) is 22.8 Å². The van der Waals surface area contributed by atoms with E-state index in [-0.39, 0.29) is 23.8 Å². The maximum atomic E-state index is 13.6. The Morgan fingerprint density at radius 1 is 1.07 bits per heavy atom. The largest absolute Gasteiger partial charge is 0.492 e. The minimum atomic E-state index is -0.375. The number of hydrogen-bond donors (Lipinski definition) is 2. The second-order valence-corrected chi connectivity index (χ2v) is 5.62. The maximum Gasteiger partial charge on any atom is 0.254 e. The van der Waals surface area contributed by atoms with Crippen LogP contribution in [0.4, 0.5) is 16.0 Å². The van der Waals surface area contributed by atoms with Crippen molar-refractivity contribution in [1.82, 2.24) is 15.3 Å². The van der Waals surface area contributed by atoms with Gasteiger partial charge in [0.2, 0.25) is 5.95 Å². The first-order valence-electron chi connectivity index (χ1n) is 8.50. The summed E-state index contributed by atoms with van der Waals surface area (Å²) in [5, 5.41) is 5.71. The number of carbonyl (C=O) groups excluding carboxylic acids is 1. The third kappa shape index (κ3) is 4.78. The van der Waals surface area contributed by atoms with Gasteiger partial charge in [-0.1, -0.05) is 30.3 Å². The molecule has 0 atom stereocenters. The molecule has 0 aliphatic heterocycles. The van der Waals surface area contributed by atoms with E-state index in [4.69, 9.17) is 4.74 Å². The molecule has 0 aliphatic rings. The topological polar surface area (TPSA) is 76.1 Å². The molecule has 27 heavy (non-hydrogen) atoms. The average molecular weight is 366 g/mol. The minimum absolute atomic E-state index is 0.0905. The van der Waals surface area contributed by atoms with Crippen molar-refractivity contribution < 1.29 is 13.9 Å². The van der Waals surface area contributed by atoms with E-state index in [9.17, 15) is 9.18 Å². The van der Waals surface area contributed by atoms with Crippen molar-refractivity contribution in [2.75, 3.05) is 11.9 Å². The second-order valence-electron chi connectivity index (χ2n) is 5.62. The van der Waals surface area contributed by atoms with Gasteiger partial charge in [-0.15, -0.1) is 0 Å². The van der Waals surface area contributed by atoms with Gasteiger partial charge < -0.3 is 15.4 Å². The number of nitrogens with one attached hydrogen (secondary N) is 2. The van der Waals surface area contributed by atoms with E-state index in [1.807, 2.05) is 31.2 Å². The molecule has 0 saturated carbocycles. The van der Waals surface area contributed by atoms with Crippen LogP contribution in [0.25, 0.3) is 0 Å². The van der Waals surface area contributed by atoms with Gasteiger partial charge in [-0.2, -0.15) is 0 Å². The third-order valence-electron chi connectivity index (χ3n) is 3.74. The summed E-state index contributed by atoms with van der Waals surface area (Å²) in [6, 6.07) is 13.7. The molecule has 3 aromatic rings. The highest BCUT2D eigenvalue weighted by atomic mass is 19.1. The molecule has 1 amide bonds. The molecule has 1 heterocycles. The number of halogens is 1. The number of ether oxygens (including phenoxy) is 1. The van der Waals surface area contributed by atoms with Crippen LogP contribution < -0.4 is 15.4 Å². The summed E-state index contributed by atoms with van der Waals surface area (Å²) in [4.78, 5) is 20.5. The van der Waals surface area contributed by atoms with Crippen LogP contribution in [-0.2, 0) is 6.54 Å². The lowest BCUT2D eigenvalue weighted by molar-refractivity contribution is 0.0950. The summed E-state index contributed by atoms with van der Waals surface area (Å²) in [5.41, 5.74) is 1.43. The molecule has 0 radical (unpaired) electrons. The molecule has 0 fully saturated rings. The smallest absolute Gasteiger partial charge is 0.254 e. The van der Waals surface area contributed by atoms with E-state index in [1.54, 1.807) is 18.2 Å². The van der Waals surface area contributed by atoms with Gasteiger partial charge in [0.15, 0.2) is 0 Å². The number of para-hydroxylation sites is 2. The van der Waals surface area contributed by atoms with E-state index < -0.39 is 0 Å². The molecule has 0 unspecified atom stereocenters. The summed E-state index contributed by atoms with van der Waals surface area (Å²) in [6.45, 7) is 2.54. The highest BCUT2D eigenvalue weighted by molar-refractivity contribution is 5.93. The Balaban J connectivity index is 1.63. The van der Waals surface area contributed by atoms with Crippen LogP contribution in [-0.4, -0.2) is 22.5 Å². The van der Waals surface area contributed by atoms with Crippen molar-refractivity contribution in [3.63, 3.8) is 0 Å². The van der Waals surface area contributed by atoms with Crippen LogP contribution in [0.15, 0.2) is 60.9 Å². The summed E-state index contributed by atoms with van der Waals surface area (Å²) < 4.78 is 19.1. The number of amides is 1. The Labute approximate surface area is 156 Å². The number of aromatic nitrogens is 2. The lowest BCUT2D eigenvalue weighted by atomic mass is 10.2. The number of anilines is 2. The molecule has 1 aromatic heterocycles. The molecule has 6 nitrogen and oxygen atoms in total. The minimum Gasteiger partial charge on any atom is -0.492 e. The zero-order chi connectivity index (χ0) is 19.1. The molecule has 0 bridgehead atoms. The first-order chi connectivity index (χ1) is 13.2. The average Bonchev–Trinajstić information content (AvgIpc) is 2.69. The number of benzene rings is 2. The zero-order valence-corrected chi connectivity index (χ0v) is 14.8. The van der Waals surface area contributed by atoms with Gasteiger partial charge in [-0.25, -0.2) is 14.4 Å². The molecule has 0 aliphatic carbocycles. The van der Waals surface area contributed by atoms with Crippen LogP contribution in [0.3, 0.4) is 0 Å². The molecule has 7 heteroatoms. The monoisotopic (exact) mass is 366 g/mol. The standard InChI is InChI=1S/C20H19FN4O2/c1-2-27-18-10-6-5-9-17(18)25-20-23-12-15(13-24-20)19(26)22-11-14-7-3-4-8-16(14)21/h3-10,12-13H,2,11H2,1H3,(H,22,26)(H,23,24,25). The van der Waals surface area contributed by atoms with E-state index in [0.29, 0.717) is 23.9 Å². The van der Waals surface area contributed by atoms with Gasteiger partial charge in [-0.05, 0) is 25.1 Å². The fourth-order valence-corrected chi connectivity index (χ4v) is 2.40. The normalized spacial score (nSPS) is 10.3. The van der Waals surface area contributed by atoms with Crippen molar-refractivity contribution in [2.45, 2.75) is 13.5 Å². The Hall–Kier alpha value is -3.48. The van der Waals surface area contributed by atoms with Crippen molar-refractivity contribution in [3.8, 4) is 5.75 Å². The van der Waals surface area contributed by atoms with Crippen LogP contribution in [0, 0.1) is 5.82 Å². The Morgan fingerprint density at radius 3 is 2.52 bits per heavy atom. The molecule has 138 valence electrons. The van der Waals surface area contributed by atoms with Gasteiger partial charge >= 0.3 is 0 Å². The van der Waals surface area contributed by atoms with Crippen LogP contribution >= 0.6 is 0 Å². The van der Waals surface area contributed by atoms with E-state index in [2.05, 4.69) is 20.6 Å². The number of nitrogens with zero attached hydrogens (tertiary/aromatic N) is 2. The Morgan fingerprint density at radius 2 is 1.78 bits per heavy atom. The first kappa shape index (κ1) is 18.3. The Kier molecular flexibility index (Phi) is 5.94. The number of carbonyl (C=O) groups is 1. The number of hydrogen-bond acceptors (Lipinski definition) is 5. The van der Waals surface area contributed by atoms with Crippen LogP contribution in [0.5, 0.6) is 5.75 Å². The number of rotatable bonds is 7. The summed E-state index contributed by atoms with van der Waals surface area (Å²) in [6.07, 6.45) is 2.82. The lowest BCUT2D eigenvalue weighted by Crippen LogP contribution is -2.23. The Bertz CT molecular complexity index is 916. The van der Waals surface area contributed by atoms with E-state index in [0.717, 1.165) is 5.69 Å². The summed E-state index contributed by atoms with van der Waals surface area (Å²) in [5.74, 6) is 0.296. The van der Waals surface area contributed by atoms with Gasteiger partial charge in [0, 0.05) is 24.5 Å². The molecule has 0 saturated heterocycles. The van der Waals surface area contributed by atoms with Gasteiger partial charge in [0.05, 0.1) is 17.9 Å². The van der Waals surface area contributed by atoms with Crippen molar-refractivity contribution in [1.29, 1.82) is 0 Å². The first-order valence-corrected chi connectivity index (χ1v) is 8.50. The third-order valence-corrected chi connectivity index (χ3v) is 3.74. The van der Waals surface area contributed by atoms with Gasteiger partial charge in [-0.3, -0.25) is 4.79 Å². The molecular weight excluding hydrogens is 347 g/mol. The fraction of sp³-hybridized carbons (Fsp3) is 0.150. The maximum absolute atomic E-state index is 13.6. The van der Waals surface area contributed by atoms with Crippen LogP contribution in [0.2, 0.25) is 0 Å². The van der Waals surface area contributed by atoms with Gasteiger partial charge in [0.25, 0.3) is 5.91 Å². The van der Waals surface area contributed by atoms with E-state index >= 15 is 0 Å². The molecular formula is C20H19FN4O2. The highest BCUT2D eigenvalue weighted by Crippen LogP contribution is 2.25. The summed E-state index contributed by atoms with van der Waals surface area (Å²) >= 11 is 0. The predicted octanol–water partition coefficient (Wildman–Crippen LogP) is 3.69.